The second-order valence-corrected chi connectivity index (χ2v) is 3.55. The smallest absolute Gasteiger partial charge is 0.0569 e. The monoisotopic (exact) mass is 188 g/mol. The molecule has 0 aliphatic carbocycles. The van der Waals surface area contributed by atoms with Gasteiger partial charge >= 0.3 is 0 Å². The Morgan fingerprint density at radius 3 is 2.36 bits per heavy atom. The molecule has 1 unspecified atom stereocenters. The molecule has 0 radical (unpaired) electrons. The van der Waals surface area contributed by atoms with Crippen molar-refractivity contribution in [1.82, 2.24) is 5.43 Å². The molecule has 0 fully saturated rings. The summed E-state index contributed by atoms with van der Waals surface area (Å²) < 4.78 is 0. The van der Waals surface area contributed by atoms with Gasteiger partial charge in [-0.2, -0.15) is 0 Å². The Labute approximate surface area is 85.5 Å². The minimum atomic E-state index is 0.0543. The third kappa shape index (κ3) is 2.59. The van der Waals surface area contributed by atoms with Crippen LogP contribution in [0.1, 0.15) is 29.2 Å². The average Bonchev–Trinajstić information content (AvgIpc) is 2.12. The van der Waals surface area contributed by atoms with Crippen LogP contribution in [0.3, 0.4) is 0 Å². The standard InChI is InChI=1S/C12H16N2/c1-4-5-12(14-13)11-7-9(2)6-10(3)8-11/h1,6-8,12,14H,5,13H2,2-3H3. The third-order valence-electron chi connectivity index (χ3n) is 2.17. The topological polar surface area (TPSA) is 38.0 Å². The Balaban J connectivity index is 2.98. The quantitative estimate of drug-likeness (QED) is 0.431. The molecule has 0 aliphatic heterocycles. The lowest BCUT2D eigenvalue weighted by atomic mass is 10.00. The van der Waals surface area contributed by atoms with E-state index in [2.05, 4.69) is 43.4 Å². The van der Waals surface area contributed by atoms with Crippen molar-refractivity contribution in [2.75, 3.05) is 0 Å². The van der Waals surface area contributed by atoms with Gasteiger partial charge in [0, 0.05) is 6.42 Å². The van der Waals surface area contributed by atoms with E-state index in [4.69, 9.17) is 12.3 Å². The van der Waals surface area contributed by atoms with E-state index in [0.717, 1.165) is 5.56 Å². The third-order valence-corrected chi connectivity index (χ3v) is 2.17. The van der Waals surface area contributed by atoms with Gasteiger partial charge in [0.05, 0.1) is 6.04 Å². The summed E-state index contributed by atoms with van der Waals surface area (Å²) in [7, 11) is 0. The van der Waals surface area contributed by atoms with Gasteiger partial charge in [-0.25, -0.2) is 0 Å². The molecule has 74 valence electrons. The molecule has 0 aliphatic rings. The zero-order valence-corrected chi connectivity index (χ0v) is 8.67. The average molecular weight is 188 g/mol. The number of hydrogen-bond acceptors (Lipinski definition) is 2. The Morgan fingerprint density at radius 1 is 1.36 bits per heavy atom. The molecule has 3 N–H and O–H groups in total. The van der Waals surface area contributed by atoms with Gasteiger partial charge in [0.2, 0.25) is 0 Å². The molecule has 0 spiro atoms. The van der Waals surface area contributed by atoms with Crippen molar-refractivity contribution >= 4 is 0 Å². The van der Waals surface area contributed by atoms with Crippen molar-refractivity contribution in [2.45, 2.75) is 26.3 Å². The first-order chi connectivity index (χ1) is 6.67. The second kappa shape index (κ2) is 4.80. The molecule has 0 amide bonds. The van der Waals surface area contributed by atoms with Crippen molar-refractivity contribution in [1.29, 1.82) is 0 Å². The summed E-state index contributed by atoms with van der Waals surface area (Å²) in [6.45, 7) is 4.14. The Kier molecular flexibility index (Phi) is 3.70. The number of hydrogen-bond donors (Lipinski definition) is 2. The van der Waals surface area contributed by atoms with Gasteiger partial charge in [0.15, 0.2) is 0 Å². The van der Waals surface area contributed by atoms with E-state index in [-0.39, 0.29) is 6.04 Å². The predicted molar refractivity (Wildman–Crippen MR) is 59.4 cm³/mol. The Hall–Kier alpha value is -1.30. The first-order valence-corrected chi connectivity index (χ1v) is 4.65. The van der Waals surface area contributed by atoms with Crippen molar-refractivity contribution in [3.8, 4) is 12.3 Å². The number of hydrazine groups is 1. The summed E-state index contributed by atoms with van der Waals surface area (Å²) in [5, 5.41) is 0. The van der Waals surface area contributed by atoms with Crippen LogP contribution in [0.4, 0.5) is 0 Å². The predicted octanol–water partition coefficient (Wildman–Crippen LogP) is 1.83. The molecule has 2 nitrogen and oxygen atoms in total. The lowest BCUT2D eigenvalue weighted by Crippen LogP contribution is -2.27. The number of nitrogens with two attached hydrogens (primary N) is 1. The van der Waals surface area contributed by atoms with Crippen molar-refractivity contribution in [2.24, 2.45) is 5.84 Å². The number of aryl methyl sites for hydroxylation is 2. The highest BCUT2D eigenvalue weighted by Gasteiger charge is 2.08. The molecule has 1 aromatic carbocycles. The van der Waals surface area contributed by atoms with Crippen LogP contribution >= 0.6 is 0 Å². The van der Waals surface area contributed by atoms with Crippen LogP contribution in [0.15, 0.2) is 18.2 Å². The van der Waals surface area contributed by atoms with Crippen LogP contribution in [0, 0.1) is 26.2 Å². The normalized spacial score (nSPS) is 12.1. The van der Waals surface area contributed by atoms with Crippen molar-refractivity contribution in [3.63, 3.8) is 0 Å². The highest BCUT2D eigenvalue weighted by molar-refractivity contribution is 5.31. The van der Waals surface area contributed by atoms with Gasteiger partial charge < -0.3 is 0 Å². The van der Waals surface area contributed by atoms with Crippen LogP contribution in [0.25, 0.3) is 0 Å². The van der Waals surface area contributed by atoms with Crippen LogP contribution in [-0.4, -0.2) is 0 Å². The summed E-state index contributed by atoms with van der Waals surface area (Å²) in [5.74, 6) is 8.06. The van der Waals surface area contributed by atoms with E-state index in [1.54, 1.807) is 0 Å². The van der Waals surface area contributed by atoms with Crippen molar-refractivity contribution in [3.05, 3.63) is 34.9 Å². The second-order valence-electron chi connectivity index (χ2n) is 3.55. The number of nitrogens with one attached hydrogen (secondary N) is 1. The molecular formula is C12H16N2. The summed E-state index contributed by atoms with van der Waals surface area (Å²) in [6, 6.07) is 6.40. The van der Waals surface area contributed by atoms with Gasteiger partial charge in [0.25, 0.3) is 0 Å². The van der Waals surface area contributed by atoms with Gasteiger partial charge in [-0.05, 0) is 19.4 Å². The highest BCUT2D eigenvalue weighted by atomic mass is 15.2. The van der Waals surface area contributed by atoms with Crippen LogP contribution in [-0.2, 0) is 0 Å². The van der Waals surface area contributed by atoms with E-state index >= 15 is 0 Å². The fraction of sp³-hybridized carbons (Fsp3) is 0.333. The van der Waals surface area contributed by atoms with Gasteiger partial charge in [-0.15, -0.1) is 12.3 Å². The lowest BCUT2D eigenvalue weighted by molar-refractivity contribution is 0.567. The SMILES string of the molecule is C#CCC(NN)c1cc(C)cc(C)c1. The summed E-state index contributed by atoms with van der Waals surface area (Å²) >= 11 is 0. The van der Waals surface area contributed by atoms with E-state index in [1.807, 2.05) is 0 Å². The first kappa shape index (κ1) is 10.8. The van der Waals surface area contributed by atoms with Gasteiger partial charge in [0.1, 0.15) is 0 Å². The molecule has 0 heterocycles. The maximum Gasteiger partial charge on any atom is 0.0569 e. The van der Waals surface area contributed by atoms with E-state index in [0.29, 0.717) is 6.42 Å². The van der Waals surface area contributed by atoms with Crippen molar-refractivity contribution < 1.29 is 0 Å². The maximum absolute atomic E-state index is 5.45. The summed E-state index contributed by atoms with van der Waals surface area (Å²) in [6.07, 6.45) is 5.88. The Morgan fingerprint density at radius 2 is 1.93 bits per heavy atom. The summed E-state index contributed by atoms with van der Waals surface area (Å²) in [4.78, 5) is 0. The zero-order chi connectivity index (χ0) is 10.6. The Bertz CT molecular complexity index is 330. The molecule has 1 aromatic rings. The largest absolute Gasteiger partial charge is 0.271 e. The molecule has 2 heteroatoms. The fourth-order valence-corrected chi connectivity index (χ4v) is 1.60. The molecule has 0 bridgehead atoms. The maximum atomic E-state index is 5.45. The molecule has 0 aromatic heterocycles. The van der Waals surface area contributed by atoms with Gasteiger partial charge in [-0.3, -0.25) is 11.3 Å². The van der Waals surface area contributed by atoms with Crippen LogP contribution in [0.2, 0.25) is 0 Å². The lowest BCUT2D eigenvalue weighted by Gasteiger charge is -2.14. The van der Waals surface area contributed by atoms with E-state index < -0.39 is 0 Å². The van der Waals surface area contributed by atoms with E-state index in [1.165, 1.54) is 11.1 Å². The molecule has 0 saturated heterocycles. The fourth-order valence-electron chi connectivity index (χ4n) is 1.60. The molecule has 1 rings (SSSR count). The minimum absolute atomic E-state index is 0.0543. The highest BCUT2D eigenvalue weighted by Crippen LogP contribution is 2.18. The zero-order valence-electron chi connectivity index (χ0n) is 8.67. The minimum Gasteiger partial charge on any atom is -0.271 e. The number of rotatable bonds is 3. The first-order valence-electron chi connectivity index (χ1n) is 4.65. The van der Waals surface area contributed by atoms with Crippen LogP contribution in [0.5, 0.6) is 0 Å². The summed E-state index contributed by atoms with van der Waals surface area (Å²) in [5.41, 5.74) is 6.35. The number of terminal acetylenes is 1. The van der Waals surface area contributed by atoms with Crippen LogP contribution < -0.4 is 11.3 Å². The molecule has 1 atom stereocenters. The van der Waals surface area contributed by atoms with E-state index in [9.17, 15) is 0 Å². The molecule has 0 saturated carbocycles. The van der Waals surface area contributed by atoms with Gasteiger partial charge in [-0.1, -0.05) is 29.3 Å². The molecular weight excluding hydrogens is 172 g/mol. The molecule has 14 heavy (non-hydrogen) atoms. The number of benzene rings is 1.